The Morgan fingerprint density at radius 2 is 1.02 bits per heavy atom. The number of H-pyrrole nitrogens is 2. The monoisotopic (exact) mass is 708 g/mol. The molecule has 10 rings (SSSR count). The molecule has 0 spiro atoms. The number of imidazole rings is 2. The van der Waals surface area contributed by atoms with E-state index in [1.54, 1.807) is 0 Å². The summed E-state index contributed by atoms with van der Waals surface area (Å²) in [6.45, 7) is 11.2. The van der Waals surface area contributed by atoms with Gasteiger partial charge in [0.05, 0.1) is 48.2 Å². The summed E-state index contributed by atoms with van der Waals surface area (Å²) in [7, 11) is 0. The molecular weight excluding hydrogens is 661 g/mol. The molecule has 0 amide bonds. The van der Waals surface area contributed by atoms with Crippen LogP contribution in [0.4, 0.5) is 0 Å². The predicted molar refractivity (Wildman–Crippen MR) is 211 cm³/mol. The van der Waals surface area contributed by atoms with Gasteiger partial charge in [-0.15, -0.1) is 0 Å². The van der Waals surface area contributed by atoms with Gasteiger partial charge in [0.1, 0.15) is 22.3 Å². The second-order valence-corrected chi connectivity index (χ2v) is 14.9. The number of hydrogen-bond donors (Lipinski definition) is 2. The van der Waals surface area contributed by atoms with Gasteiger partial charge in [0.15, 0.2) is 0 Å². The third-order valence-corrected chi connectivity index (χ3v) is 11.5. The van der Waals surface area contributed by atoms with E-state index < -0.39 is 0 Å². The van der Waals surface area contributed by atoms with E-state index in [1.807, 2.05) is 37.4 Å². The Bertz CT molecular complexity index is 2240. The lowest BCUT2D eigenvalue weighted by Gasteiger charge is -2.38. The minimum atomic E-state index is 0. The lowest BCUT2D eigenvalue weighted by molar-refractivity contribution is 0.128. The molecule has 0 bridgehead atoms. The fraction of sp³-hybridized carbons (Fsp3) is 0.333. The molecule has 272 valence electrons. The van der Waals surface area contributed by atoms with E-state index >= 15 is 0 Å². The maximum atomic E-state index is 4.64. The van der Waals surface area contributed by atoms with Crippen LogP contribution in [0.5, 0.6) is 0 Å². The average molecular weight is 709 g/mol. The highest BCUT2D eigenvalue weighted by atomic mass is 16.0. The van der Waals surface area contributed by atoms with Crippen molar-refractivity contribution < 1.29 is 5.48 Å². The Labute approximate surface area is 309 Å². The number of aromatic nitrogens is 8. The molecule has 53 heavy (non-hydrogen) atoms. The van der Waals surface area contributed by atoms with E-state index in [9.17, 15) is 0 Å². The van der Waals surface area contributed by atoms with Gasteiger partial charge in [-0.25, -0.2) is 19.9 Å². The Morgan fingerprint density at radius 3 is 1.45 bits per heavy atom. The SMILES string of the molecule is C[C@H]1CCN(Cc2ccccc2)C[C@H]1n1cnc2cnc3[nH]ccc3c21.C[C@H]1CCN(Cc2ccccc2)C[C@H]1n1cnc2cnc3[nH]ccc3c21.O. The average Bonchev–Trinajstić information content (AvgIpc) is 4.00. The molecule has 2 aromatic carbocycles. The van der Waals surface area contributed by atoms with E-state index in [2.05, 4.69) is 135 Å². The van der Waals surface area contributed by atoms with Crippen LogP contribution in [0.3, 0.4) is 0 Å². The zero-order valence-corrected chi connectivity index (χ0v) is 30.4. The zero-order chi connectivity index (χ0) is 35.0. The number of nitrogens with one attached hydrogen (secondary N) is 2. The summed E-state index contributed by atoms with van der Waals surface area (Å²) < 4.78 is 4.77. The molecule has 0 radical (unpaired) electrons. The highest BCUT2D eigenvalue weighted by Gasteiger charge is 2.30. The van der Waals surface area contributed by atoms with Gasteiger partial charge in [0.25, 0.3) is 0 Å². The van der Waals surface area contributed by atoms with Crippen LogP contribution in [0.15, 0.2) is 110 Å². The van der Waals surface area contributed by atoms with Crippen molar-refractivity contribution in [2.75, 3.05) is 26.2 Å². The molecule has 0 unspecified atom stereocenters. The summed E-state index contributed by atoms with van der Waals surface area (Å²) >= 11 is 0. The molecule has 2 aliphatic heterocycles. The maximum Gasteiger partial charge on any atom is 0.139 e. The number of pyridine rings is 2. The van der Waals surface area contributed by atoms with Crippen molar-refractivity contribution in [1.82, 2.24) is 48.8 Å². The smallest absolute Gasteiger partial charge is 0.139 e. The van der Waals surface area contributed by atoms with Gasteiger partial charge in [0.2, 0.25) is 0 Å². The number of rotatable bonds is 6. The minimum Gasteiger partial charge on any atom is -0.412 e. The molecule has 2 saturated heterocycles. The van der Waals surface area contributed by atoms with Crippen molar-refractivity contribution in [3.05, 3.63) is 121 Å². The largest absolute Gasteiger partial charge is 0.412 e. The van der Waals surface area contributed by atoms with Crippen molar-refractivity contribution in [2.24, 2.45) is 11.8 Å². The third kappa shape index (κ3) is 6.83. The highest BCUT2D eigenvalue weighted by molar-refractivity contribution is 6.01. The number of aromatic amines is 2. The summed E-state index contributed by atoms with van der Waals surface area (Å²) in [6.07, 6.45) is 14.1. The molecule has 0 saturated carbocycles. The van der Waals surface area contributed by atoms with E-state index in [0.29, 0.717) is 23.9 Å². The lowest BCUT2D eigenvalue weighted by atomic mass is 9.92. The Morgan fingerprint density at radius 1 is 0.585 bits per heavy atom. The van der Waals surface area contributed by atoms with Gasteiger partial charge < -0.3 is 24.6 Å². The van der Waals surface area contributed by atoms with Crippen molar-refractivity contribution in [3.8, 4) is 0 Å². The number of benzene rings is 2. The van der Waals surface area contributed by atoms with Gasteiger partial charge >= 0.3 is 0 Å². The number of likely N-dealkylation sites (tertiary alicyclic amines) is 2. The van der Waals surface area contributed by atoms with Gasteiger partial charge in [-0.2, -0.15) is 0 Å². The molecule has 11 heteroatoms. The van der Waals surface area contributed by atoms with Crippen LogP contribution in [0, 0.1) is 11.8 Å². The molecule has 6 aromatic heterocycles. The van der Waals surface area contributed by atoms with Crippen LogP contribution in [-0.2, 0) is 13.1 Å². The van der Waals surface area contributed by atoms with Crippen LogP contribution in [-0.4, -0.2) is 80.5 Å². The second kappa shape index (κ2) is 14.9. The summed E-state index contributed by atoms with van der Waals surface area (Å²) in [6, 6.07) is 26.6. The first kappa shape index (κ1) is 34.7. The van der Waals surface area contributed by atoms with E-state index in [0.717, 1.165) is 72.4 Å². The number of nitrogens with zero attached hydrogens (tertiary/aromatic N) is 8. The highest BCUT2D eigenvalue weighted by Crippen LogP contribution is 2.35. The maximum absolute atomic E-state index is 4.64. The predicted octanol–water partition coefficient (Wildman–Crippen LogP) is 7.17. The Hall–Kier alpha value is -5.36. The van der Waals surface area contributed by atoms with Gasteiger partial charge in [-0.1, -0.05) is 74.5 Å². The molecule has 8 heterocycles. The first-order valence-corrected chi connectivity index (χ1v) is 18.7. The lowest BCUT2D eigenvalue weighted by Crippen LogP contribution is -2.40. The van der Waals surface area contributed by atoms with Crippen molar-refractivity contribution in [2.45, 2.75) is 51.9 Å². The van der Waals surface area contributed by atoms with Crippen molar-refractivity contribution in [3.63, 3.8) is 0 Å². The van der Waals surface area contributed by atoms with Gasteiger partial charge in [-0.3, -0.25) is 9.80 Å². The first-order chi connectivity index (χ1) is 25.6. The number of piperidine rings is 2. The van der Waals surface area contributed by atoms with E-state index in [-0.39, 0.29) is 5.48 Å². The fourth-order valence-electron chi connectivity index (χ4n) is 8.49. The van der Waals surface area contributed by atoms with Crippen molar-refractivity contribution in [1.29, 1.82) is 0 Å². The molecule has 4 atom stereocenters. The Kier molecular flexibility index (Phi) is 9.78. The van der Waals surface area contributed by atoms with Crippen LogP contribution < -0.4 is 0 Å². The molecule has 11 nitrogen and oxygen atoms in total. The molecule has 8 aromatic rings. The van der Waals surface area contributed by atoms with Crippen molar-refractivity contribution >= 4 is 44.1 Å². The quantitative estimate of drug-likeness (QED) is 0.188. The summed E-state index contributed by atoms with van der Waals surface area (Å²) in [4.78, 5) is 29.8. The van der Waals surface area contributed by atoms with Gasteiger partial charge in [-0.05, 0) is 61.0 Å². The van der Waals surface area contributed by atoms with E-state index in [4.69, 9.17) is 0 Å². The van der Waals surface area contributed by atoms with Gasteiger partial charge in [0, 0.05) is 49.3 Å². The second-order valence-electron chi connectivity index (χ2n) is 14.9. The summed E-state index contributed by atoms with van der Waals surface area (Å²) in [5.41, 5.74) is 8.99. The molecule has 2 aliphatic rings. The minimum absolute atomic E-state index is 0. The molecule has 0 aliphatic carbocycles. The van der Waals surface area contributed by atoms with Crippen LogP contribution >= 0.6 is 0 Å². The fourth-order valence-corrected chi connectivity index (χ4v) is 8.49. The normalized spacial score (nSPS) is 21.2. The molecule has 2 fully saturated rings. The summed E-state index contributed by atoms with van der Waals surface area (Å²) in [5, 5.41) is 2.32. The zero-order valence-electron chi connectivity index (χ0n) is 30.4. The standard InChI is InChI=1S/2C21H23N5.H2O/c2*1-15-8-10-25(12-16-5-3-2-4-6-16)13-19(15)26-14-24-18-11-23-21-17(20(18)26)7-9-22-21;/h2*2-7,9,11,14-15,19H,8,10,12-13H2,1H3,(H,22,23);1H2/t2*15-,19+;/m00./s1. The Balaban J connectivity index is 0.000000148. The first-order valence-electron chi connectivity index (χ1n) is 18.7. The van der Waals surface area contributed by atoms with Crippen LogP contribution in [0.1, 0.15) is 49.9 Å². The number of fused-ring (bicyclic) bond motifs is 6. The van der Waals surface area contributed by atoms with E-state index in [1.165, 1.54) is 35.0 Å². The van der Waals surface area contributed by atoms with Crippen LogP contribution in [0.25, 0.3) is 44.1 Å². The van der Waals surface area contributed by atoms with Crippen LogP contribution in [0.2, 0.25) is 0 Å². The topological polar surface area (TPSA) is 131 Å². The third-order valence-electron chi connectivity index (χ3n) is 11.5. The number of hydrogen-bond acceptors (Lipinski definition) is 6. The molecular formula is C42H48N10O. The molecule has 4 N–H and O–H groups in total. The summed E-state index contributed by atoms with van der Waals surface area (Å²) in [5.74, 6) is 1.25.